The van der Waals surface area contributed by atoms with Crippen molar-refractivity contribution in [1.82, 2.24) is 9.80 Å². The summed E-state index contributed by atoms with van der Waals surface area (Å²) >= 11 is 0. The molecule has 128 valence electrons. The number of para-hydroxylation sites is 1. The maximum Gasteiger partial charge on any atom is 0.352 e. The van der Waals surface area contributed by atoms with Crippen molar-refractivity contribution in [3.8, 4) is 0 Å². The van der Waals surface area contributed by atoms with E-state index in [1.54, 1.807) is 6.07 Å². The second-order valence-electron chi connectivity index (χ2n) is 6.28. The van der Waals surface area contributed by atoms with Gasteiger partial charge in [0.15, 0.2) is 0 Å². The van der Waals surface area contributed by atoms with Crippen molar-refractivity contribution >= 4 is 23.3 Å². The molecule has 2 aliphatic heterocycles. The Morgan fingerprint density at radius 2 is 2.00 bits per heavy atom. The first-order valence-corrected chi connectivity index (χ1v) is 8.10. The number of amides is 1. The van der Waals surface area contributed by atoms with Crippen LogP contribution in [0, 0.1) is 5.41 Å². The van der Waals surface area contributed by atoms with Crippen LogP contribution >= 0.6 is 0 Å². The maximum atomic E-state index is 12.4. The first-order chi connectivity index (χ1) is 11.5. The molecule has 1 amide bonds. The standard InChI is InChI=1S/C17H22N4O3/c1-20-6-8-21(9-7-20)10-15(22)19-14-5-3-2-4-12(14)13-11-24-17(23)16(13)18/h2-5,13,18H,6-11H2,1H3,(H,19,22)/t13-/m0/s1. The van der Waals surface area contributed by atoms with Crippen molar-refractivity contribution in [3.63, 3.8) is 0 Å². The fourth-order valence-electron chi connectivity index (χ4n) is 3.02. The Morgan fingerprint density at radius 1 is 1.29 bits per heavy atom. The van der Waals surface area contributed by atoms with Crippen molar-refractivity contribution < 1.29 is 14.3 Å². The molecule has 2 saturated heterocycles. The van der Waals surface area contributed by atoms with Gasteiger partial charge in [0, 0.05) is 31.9 Å². The normalized spacial score (nSPS) is 22.5. The van der Waals surface area contributed by atoms with Crippen LogP contribution in [-0.2, 0) is 14.3 Å². The molecule has 7 heteroatoms. The fraction of sp³-hybridized carbons (Fsp3) is 0.471. The molecule has 7 nitrogen and oxygen atoms in total. The zero-order valence-corrected chi connectivity index (χ0v) is 13.7. The molecular formula is C17H22N4O3. The molecule has 0 saturated carbocycles. The lowest BCUT2D eigenvalue weighted by molar-refractivity contribution is -0.132. The van der Waals surface area contributed by atoms with Crippen LogP contribution in [0.1, 0.15) is 11.5 Å². The van der Waals surface area contributed by atoms with E-state index >= 15 is 0 Å². The number of nitrogens with one attached hydrogen (secondary N) is 2. The lowest BCUT2D eigenvalue weighted by Crippen LogP contribution is -2.47. The molecule has 2 N–H and O–H groups in total. The van der Waals surface area contributed by atoms with Crippen LogP contribution in [0.15, 0.2) is 24.3 Å². The molecular weight excluding hydrogens is 308 g/mol. The lowest BCUT2D eigenvalue weighted by atomic mass is 9.95. The number of anilines is 1. The molecule has 0 unspecified atom stereocenters. The van der Waals surface area contributed by atoms with E-state index in [0.29, 0.717) is 12.2 Å². The first-order valence-electron chi connectivity index (χ1n) is 8.10. The Labute approximate surface area is 141 Å². The molecule has 2 heterocycles. The van der Waals surface area contributed by atoms with E-state index in [4.69, 9.17) is 10.1 Å². The van der Waals surface area contributed by atoms with Crippen molar-refractivity contribution in [2.24, 2.45) is 0 Å². The van der Waals surface area contributed by atoms with Gasteiger partial charge in [0.05, 0.1) is 12.5 Å². The first kappa shape index (κ1) is 16.6. The Bertz CT molecular complexity index is 653. The number of ether oxygens (including phenoxy) is 1. The molecule has 24 heavy (non-hydrogen) atoms. The summed E-state index contributed by atoms with van der Waals surface area (Å²) in [7, 11) is 2.08. The second kappa shape index (κ2) is 7.11. The molecule has 0 radical (unpaired) electrons. The van der Waals surface area contributed by atoms with Gasteiger partial charge in [-0.25, -0.2) is 4.79 Å². The Hall–Kier alpha value is -2.25. The van der Waals surface area contributed by atoms with Crippen LogP contribution in [0.5, 0.6) is 0 Å². The molecule has 0 aromatic heterocycles. The topological polar surface area (TPSA) is 85.7 Å². The minimum atomic E-state index is -0.585. The Morgan fingerprint density at radius 3 is 2.67 bits per heavy atom. The van der Waals surface area contributed by atoms with Gasteiger partial charge in [0.25, 0.3) is 0 Å². The average Bonchev–Trinajstić information content (AvgIpc) is 2.90. The van der Waals surface area contributed by atoms with Gasteiger partial charge in [-0.1, -0.05) is 18.2 Å². The van der Waals surface area contributed by atoms with Crippen molar-refractivity contribution in [3.05, 3.63) is 29.8 Å². The van der Waals surface area contributed by atoms with Gasteiger partial charge in [-0.15, -0.1) is 0 Å². The predicted octanol–water partition coefficient (Wildman–Crippen LogP) is 0.533. The average molecular weight is 330 g/mol. The van der Waals surface area contributed by atoms with Crippen LogP contribution in [0.25, 0.3) is 0 Å². The van der Waals surface area contributed by atoms with Gasteiger partial charge in [0.2, 0.25) is 5.91 Å². The van der Waals surface area contributed by atoms with E-state index in [0.717, 1.165) is 31.7 Å². The number of carbonyl (C=O) groups is 2. The highest BCUT2D eigenvalue weighted by Crippen LogP contribution is 2.29. The van der Waals surface area contributed by atoms with E-state index in [-0.39, 0.29) is 18.2 Å². The maximum absolute atomic E-state index is 12.4. The van der Waals surface area contributed by atoms with Gasteiger partial charge in [-0.05, 0) is 18.7 Å². The van der Waals surface area contributed by atoms with E-state index < -0.39 is 11.9 Å². The summed E-state index contributed by atoms with van der Waals surface area (Å²) in [6, 6.07) is 7.29. The minimum Gasteiger partial charge on any atom is -0.460 e. The summed E-state index contributed by atoms with van der Waals surface area (Å²) in [6.45, 7) is 4.18. The van der Waals surface area contributed by atoms with Crippen molar-refractivity contribution in [2.45, 2.75) is 5.92 Å². The highest BCUT2D eigenvalue weighted by atomic mass is 16.5. The monoisotopic (exact) mass is 330 g/mol. The highest BCUT2D eigenvalue weighted by Gasteiger charge is 2.33. The number of cyclic esters (lactones) is 1. The number of hydrogen-bond donors (Lipinski definition) is 2. The number of likely N-dealkylation sites (N-methyl/N-ethyl adjacent to an activating group) is 1. The van der Waals surface area contributed by atoms with Crippen LogP contribution in [-0.4, -0.2) is 73.8 Å². The summed E-state index contributed by atoms with van der Waals surface area (Å²) in [5.74, 6) is -1.08. The quantitative estimate of drug-likeness (QED) is 0.787. The summed E-state index contributed by atoms with van der Waals surface area (Å²) < 4.78 is 4.93. The summed E-state index contributed by atoms with van der Waals surface area (Å²) in [5, 5.41) is 10.8. The molecule has 0 spiro atoms. The molecule has 3 rings (SSSR count). The number of rotatable bonds is 4. The van der Waals surface area contributed by atoms with Gasteiger partial charge < -0.3 is 15.0 Å². The van der Waals surface area contributed by atoms with E-state index in [9.17, 15) is 9.59 Å². The van der Waals surface area contributed by atoms with Crippen molar-refractivity contribution in [2.75, 3.05) is 51.7 Å². The SMILES string of the molecule is CN1CCN(CC(=O)Nc2ccccc2[C@@H]2COC(=O)C2=N)CC1. The van der Waals surface area contributed by atoms with Gasteiger partial charge >= 0.3 is 5.97 Å². The second-order valence-corrected chi connectivity index (χ2v) is 6.28. The molecule has 0 aliphatic carbocycles. The number of piperazine rings is 1. The van der Waals surface area contributed by atoms with Crippen LogP contribution in [0.2, 0.25) is 0 Å². The lowest BCUT2D eigenvalue weighted by Gasteiger charge is -2.31. The number of hydrogen-bond acceptors (Lipinski definition) is 6. The Balaban J connectivity index is 1.66. The Kier molecular flexibility index (Phi) is 4.92. The molecule has 1 aromatic carbocycles. The van der Waals surface area contributed by atoms with Crippen LogP contribution < -0.4 is 5.32 Å². The van der Waals surface area contributed by atoms with Gasteiger partial charge in [-0.3, -0.25) is 15.1 Å². The predicted molar refractivity (Wildman–Crippen MR) is 90.4 cm³/mol. The largest absolute Gasteiger partial charge is 0.460 e. The smallest absolute Gasteiger partial charge is 0.352 e. The van der Waals surface area contributed by atoms with Crippen molar-refractivity contribution in [1.29, 1.82) is 5.41 Å². The number of nitrogens with zero attached hydrogens (tertiary/aromatic N) is 2. The minimum absolute atomic E-state index is 0.0595. The summed E-state index contributed by atoms with van der Waals surface area (Å²) in [4.78, 5) is 28.2. The molecule has 1 aromatic rings. The van der Waals surface area contributed by atoms with E-state index in [1.807, 2.05) is 18.2 Å². The van der Waals surface area contributed by atoms with Gasteiger partial charge in [0.1, 0.15) is 12.3 Å². The third-order valence-corrected chi connectivity index (χ3v) is 4.52. The number of esters is 1. The van der Waals surface area contributed by atoms with E-state index in [1.165, 1.54) is 0 Å². The van der Waals surface area contributed by atoms with Gasteiger partial charge in [-0.2, -0.15) is 0 Å². The molecule has 0 bridgehead atoms. The number of benzene rings is 1. The third kappa shape index (κ3) is 3.63. The zero-order chi connectivity index (χ0) is 17.1. The summed E-state index contributed by atoms with van der Waals surface area (Å²) in [6.07, 6.45) is 0. The van der Waals surface area contributed by atoms with E-state index in [2.05, 4.69) is 22.2 Å². The molecule has 2 fully saturated rings. The zero-order valence-electron chi connectivity index (χ0n) is 13.7. The fourth-order valence-corrected chi connectivity index (χ4v) is 3.02. The molecule has 2 aliphatic rings. The summed E-state index contributed by atoms with van der Waals surface area (Å²) in [5.41, 5.74) is 1.33. The number of carbonyl (C=O) groups excluding carboxylic acids is 2. The third-order valence-electron chi connectivity index (χ3n) is 4.52. The highest BCUT2D eigenvalue weighted by molar-refractivity contribution is 6.39. The molecule has 1 atom stereocenters. The van der Waals surface area contributed by atoms with Crippen LogP contribution in [0.3, 0.4) is 0 Å². The van der Waals surface area contributed by atoms with Crippen LogP contribution in [0.4, 0.5) is 5.69 Å².